The molecule has 0 saturated heterocycles. The van der Waals surface area contributed by atoms with Gasteiger partial charge in [0, 0.05) is 13.0 Å². The number of guanidine groups is 1. The number of carboxylic acid groups (broad SMARTS) is 1. The molecule has 1 rings (SSSR count). The fourth-order valence-electron chi connectivity index (χ4n) is 3.09. The van der Waals surface area contributed by atoms with Crippen molar-refractivity contribution in [1.82, 2.24) is 16.0 Å². The number of nitrogens with one attached hydrogen (secondary N) is 3. The van der Waals surface area contributed by atoms with Crippen molar-refractivity contribution in [3.63, 3.8) is 0 Å². The molecular weight excluding hydrogens is 472 g/mol. The lowest BCUT2D eigenvalue weighted by atomic mass is 10.1. The fraction of sp³-hybridized carbons (Fsp3) is 0.455. The van der Waals surface area contributed by atoms with Crippen LogP contribution in [0.15, 0.2) is 35.3 Å². The van der Waals surface area contributed by atoms with Gasteiger partial charge in [0.05, 0.1) is 12.6 Å². The van der Waals surface area contributed by atoms with E-state index in [0.717, 1.165) is 5.56 Å². The molecule has 3 unspecified atom stereocenters. The van der Waals surface area contributed by atoms with E-state index >= 15 is 0 Å². The molecule has 0 spiro atoms. The molecule has 0 bridgehead atoms. The number of hydrogen-bond donors (Lipinski definition) is 8. The highest BCUT2D eigenvalue weighted by atomic mass is 16.4. The Morgan fingerprint density at radius 3 is 2.17 bits per heavy atom. The van der Waals surface area contributed by atoms with Gasteiger partial charge in [0.1, 0.15) is 12.1 Å². The van der Waals surface area contributed by atoms with Crippen LogP contribution in [0.2, 0.25) is 0 Å². The van der Waals surface area contributed by atoms with Gasteiger partial charge >= 0.3 is 5.97 Å². The largest absolute Gasteiger partial charge is 0.480 e. The van der Waals surface area contributed by atoms with Gasteiger partial charge in [0.15, 0.2) is 5.96 Å². The minimum absolute atomic E-state index is 0.0674. The molecule has 36 heavy (non-hydrogen) atoms. The summed E-state index contributed by atoms with van der Waals surface area (Å²) in [5.74, 6) is -4.28. The number of primary amides is 1. The van der Waals surface area contributed by atoms with Crippen molar-refractivity contribution in [1.29, 1.82) is 0 Å². The lowest BCUT2D eigenvalue weighted by Crippen LogP contribution is -2.54. The topological polar surface area (TPSA) is 258 Å². The predicted molar refractivity (Wildman–Crippen MR) is 131 cm³/mol. The number of hydrogen-bond acceptors (Lipinski definition) is 7. The number of carbonyl (C=O) groups excluding carboxylic acids is 4. The second-order valence-electron chi connectivity index (χ2n) is 7.99. The number of benzene rings is 1. The van der Waals surface area contributed by atoms with Crippen molar-refractivity contribution in [3.05, 3.63) is 35.9 Å². The number of aliphatic imine (C=N–C) groups is 1. The zero-order chi connectivity index (χ0) is 27.1. The third-order valence-corrected chi connectivity index (χ3v) is 4.95. The highest BCUT2D eigenvalue weighted by Crippen LogP contribution is 2.04. The third kappa shape index (κ3) is 12.3. The molecule has 12 N–H and O–H groups in total. The number of rotatable bonds is 16. The molecule has 14 heteroatoms. The smallest absolute Gasteiger partial charge is 0.326 e. The molecular formula is C22H34N8O6. The van der Waals surface area contributed by atoms with Gasteiger partial charge < -0.3 is 44.0 Å². The average Bonchev–Trinajstić information content (AvgIpc) is 2.81. The summed E-state index contributed by atoms with van der Waals surface area (Å²) in [5, 5.41) is 16.5. The Bertz CT molecular complexity index is 936. The molecule has 14 nitrogen and oxygen atoms in total. The number of aliphatic carboxylic acids is 1. The number of nitrogens with two attached hydrogens (primary N) is 4. The van der Waals surface area contributed by atoms with Gasteiger partial charge in [0.25, 0.3) is 0 Å². The van der Waals surface area contributed by atoms with Crippen molar-refractivity contribution in [3.8, 4) is 0 Å². The first-order valence-corrected chi connectivity index (χ1v) is 11.2. The summed E-state index contributed by atoms with van der Waals surface area (Å²) >= 11 is 0. The maximum atomic E-state index is 12.7. The first-order valence-electron chi connectivity index (χ1n) is 11.2. The van der Waals surface area contributed by atoms with Gasteiger partial charge in [-0.25, -0.2) is 4.79 Å². The molecule has 198 valence electrons. The first kappa shape index (κ1) is 29.8. The molecule has 4 amide bonds. The average molecular weight is 507 g/mol. The van der Waals surface area contributed by atoms with E-state index in [-0.39, 0.29) is 44.6 Å². The molecule has 0 fully saturated rings. The van der Waals surface area contributed by atoms with Gasteiger partial charge in [-0.15, -0.1) is 0 Å². The highest BCUT2D eigenvalue weighted by molar-refractivity contribution is 5.92. The van der Waals surface area contributed by atoms with E-state index in [9.17, 15) is 29.1 Å². The van der Waals surface area contributed by atoms with Crippen LogP contribution >= 0.6 is 0 Å². The van der Waals surface area contributed by atoms with Crippen molar-refractivity contribution >= 4 is 35.6 Å². The van der Waals surface area contributed by atoms with Crippen molar-refractivity contribution in [2.75, 3.05) is 13.1 Å². The molecule has 1 aromatic carbocycles. The molecule has 0 heterocycles. The van der Waals surface area contributed by atoms with Crippen LogP contribution < -0.4 is 38.9 Å². The normalized spacial score (nSPS) is 12.9. The summed E-state index contributed by atoms with van der Waals surface area (Å²) in [4.78, 5) is 63.6. The van der Waals surface area contributed by atoms with Crippen LogP contribution in [0.4, 0.5) is 0 Å². The molecule has 3 atom stereocenters. The SMILES string of the molecule is NC(=O)CCC(NC(=O)C(CCCN=C(N)N)NC(=O)CNC(=O)C(N)Cc1ccccc1)C(=O)O. The first-order chi connectivity index (χ1) is 17.0. The Kier molecular flexibility index (Phi) is 13.0. The van der Waals surface area contributed by atoms with Crippen LogP contribution in [0, 0.1) is 0 Å². The van der Waals surface area contributed by atoms with Crippen LogP contribution in [-0.4, -0.2) is 71.9 Å². The van der Waals surface area contributed by atoms with Crippen LogP contribution in [0.3, 0.4) is 0 Å². The second-order valence-corrected chi connectivity index (χ2v) is 7.99. The van der Waals surface area contributed by atoms with Crippen LogP contribution in [0.1, 0.15) is 31.2 Å². The van der Waals surface area contributed by atoms with Gasteiger partial charge in [-0.1, -0.05) is 30.3 Å². The van der Waals surface area contributed by atoms with Gasteiger partial charge in [-0.2, -0.15) is 0 Å². The monoisotopic (exact) mass is 506 g/mol. The summed E-state index contributed by atoms with van der Waals surface area (Å²) in [6.07, 6.45) is 0.141. The summed E-state index contributed by atoms with van der Waals surface area (Å²) in [6.45, 7) is -0.292. The Balaban J connectivity index is 2.72. The van der Waals surface area contributed by atoms with E-state index in [4.69, 9.17) is 22.9 Å². The van der Waals surface area contributed by atoms with Crippen LogP contribution in [0.5, 0.6) is 0 Å². The van der Waals surface area contributed by atoms with Gasteiger partial charge in [0.2, 0.25) is 23.6 Å². The van der Waals surface area contributed by atoms with E-state index in [1.165, 1.54) is 0 Å². The Hall–Kier alpha value is -4.20. The molecule has 1 aromatic rings. The van der Waals surface area contributed by atoms with E-state index in [0.29, 0.717) is 0 Å². The zero-order valence-corrected chi connectivity index (χ0v) is 19.8. The quantitative estimate of drug-likeness (QED) is 0.0646. The van der Waals surface area contributed by atoms with Crippen molar-refractivity contribution in [2.24, 2.45) is 27.9 Å². The lowest BCUT2D eigenvalue weighted by molar-refractivity contribution is -0.142. The van der Waals surface area contributed by atoms with Crippen molar-refractivity contribution in [2.45, 2.75) is 50.2 Å². The van der Waals surface area contributed by atoms with Crippen molar-refractivity contribution < 1.29 is 29.1 Å². The van der Waals surface area contributed by atoms with E-state index in [1.807, 2.05) is 30.3 Å². The molecule has 0 radical (unpaired) electrons. The minimum Gasteiger partial charge on any atom is -0.480 e. The molecule has 0 aliphatic rings. The molecule has 0 aromatic heterocycles. The molecule has 0 aliphatic carbocycles. The fourth-order valence-corrected chi connectivity index (χ4v) is 3.09. The summed E-state index contributed by atoms with van der Waals surface area (Å²) in [5.41, 5.74) is 22.3. The lowest BCUT2D eigenvalue weighted by Gasteiger charge is -2.21. The van der Waals surface area contributed by atoms with E-state index < -0.39 is 54.3 Å². The highest BCUT2D eigenvalue weighted by Gasteiger charge is 2.27. The van der Waals surface area contributed by atoms with E-state index in [1.54, 1.807) is 0 Å². The predicted octanol–water partition coefficient (Wildman–Crippen LogP) is -2.95. The van der Waals surface area contributed by atoms with Crippen LogP contribution in [0.25, 0.3) is 0 Å². The second kappa shape index (κ2) is 15.7. The third-order valence-electron chi connectivity index (χ3n) is 4.95. The number of nitrogens with zero attached hydrogens (tertiary/aromatic N) is 1. The summed E-state index contributed by atoms with van der Waals surface area (Å²) in [7, 11) is 0. The Morgan fingerprint density at radius 1 is 0.917 bits per heavy atom. The minimum atomic E-state index is -1.39. The summed E-state index contributed by atoms with van der Waals surface area (Å²) in [6, 6.07) is 5.66. The number of carbonyl (C=O) groups is 5. The number of amides is 4. The maximum absolute atomic E-state index is 12.7. The van der Waals surface area contributed by atoms with Gasteiger partial charge in [-0.05, 0) is 31.2 Å². The standard InChI is InChI=1S/C22H34N8O6/c23-14(11-13-5-2-1-3-6-13)19(33)28-12-18(32)29-15(7-4-10-27-22(25)26)20(34)30-16(21(35)36)8-9-17(24)31/h1-3,5-6,14-16H,4,7-12,23H2,(H2,24,31)(H,28,33)(H,29,32)(H,30,34)(H,35,36)(H4,25,26,27). The van der Waals surface area contributed by atoms with E-state index in [2.05, 4.69) is 20.9 Å². The zero-order valence-electron chi connectivity index (χ0n) is 19.8. The molecule has 0 saturated carbocycles. The van der Waals surface area contributed by atoms with Gasteiger partial charge in [-0.3, -0.25) is 24.2 Å². The Labute approximate surface area is 208 Å². The van der Waals surface area contributed by atoms with Crippen LogP contribution in [-0.2, 0) is 30.4 Å². The molecule has 0 aliphatic heterocycles. The Morgan fingerprint density at radius 2 is 1.58 bits per heavy atom. The summed E-state index contributed by atoms with van der Waals surface area (Å²) < 4.78 is 0. The maximum Gasteiger partial charge on any atom is 0.326 e. The number of carboxylic acids is 1.